The van der Waals surface area contributed by atoms with Gasteiger partial charge in [0.1, 0.15) is 0 Å². The van der Waals surface area contributed by atoms with Crippen molar-refractivity contribution in [3.63, 3.8) is 0 Å². The lowest BCUT2D eigenvalue weighted by Crippen LogP contribution is -2.28. The Kier molecular flexibility index (Phi) is 4.61. The van der Waals surface area contributed by atoms with Gasteiger partial charge >= 0.3 is 12.1 Å². The van der Waals surface area contributed by atoms with Crippen molar-refractivity contribution in [2.75, 3.05) is 18.5 Å². The highest BCUT2D eigenvalue weighted by Crippen LogP contribution is 2.34. The van der Waals surface area contributed by atoms with Crippen LogP contribution in [-0.2, 0) is 11.0 Å². The normalized spacial score (nSPS) is 12.6. The Bertz CT molecular complexity index is 550. The molecule has 0 aliphatic carbocycles. The molecule has 7 heteroatoms. The standard InChI is InChI=1S/C13H13F3N2O2/c1-8(12(19)20)7-18(2)10-4-3-9(6-17)11(5-10)13(14,15)16/h3-5,8H,7H2,1-2H3,(H,19,20). The van der Waals surface area contributed by atoms with E-state index in [0.29, 0.717) is 0 Å². The molecule has 1 unspecified atom stereocenters. The lowest BCUT2D eigenvalue weighted by Gasteiger charge is -2.22. The molecule has 0 aromatic heterocycles. The summed E-state index contributed by atoms with van der Waals surface area (Å²) < 4.78 is 38.4. The topological polar surface area (TPSA) is 64.3 Å². The second-order valence-electron chi connectivity index (χ2n) is 4.46. The Hall–Kier alpha value is -2.23. The summed E-state index contributed by atoms with van der Waals surface area (Å²) in [5.74, 6) is -1.74. The van der Waals surface area contributed by atoms with E-state index in [1.807, 2.05) is 0 Å². The van der Waals surface area contributed by atoms with Gasteiger partial charge in [0.05, 0.1) is 23.1 Å². The number of aliphatic carboxylic acids is 1. The van der Waals surface area contributed by atoms with Crippen LogP contribution in [0.1, 0.15) is 18.1 Å². The van der Waals surface area contributed by atoms with Crippen LogP contribution < -0.4 is 4.90 Å². The molecule has 1 rings (SSSR count). The monoisotopic (exact) mass is 286 g/mol. The van der Waals surface area contributed by atoms with Crippen LogP contribution in [-0.4, -0.2) is 24.7 Å². The predicted octanol–water partition coefficient (Wildman–Crippen LogP) is 2.73. The summed E-state index contributed by atoms with van der Waals surface area (Å²) in [5, 5.41) is 17.5. The fourth-order valence-corrected chi connectivity index (χ4v) is 1.70. The Morgan fingerprint density at radius 1 is 1.50 bits per heavy atom. The summed E-state index contributed by atoms with van der Waals surface area (Å²) in [5.41, 5.74) is -1.27. The number of halogens is 3. The molecule has 108 valence electrons. The van der Waals surface area contributed by atoms with E-state index in [-0.39, 0.29) is 12.2 Å². The van der Waals surface area contributed by atoms with Gasteiger partial charge in [-0.05, 0) is 18.2 Å². The van der Waals surface area contributed by atoms with Gasteiger partial charge in [-0.1, -0.05) is 6.92 Å². The van der Waals surface area contributed by atoms with E-state index >= 15 is 0 Å². The van der Waals surface area contributed by atoms with Gasteiger partial charge in [0.25, 0.3) is 0 Å². The highest BCUT2D eigenvalue weighted by molar-refractivity contribution is 5.70. The van der Waals surface area contributed by atoms with Crippen LogP contribution in [0.5, 0.6) is 0 Å². The molecule has 1 atom stereocenters. The molecule has 0 fully saturated rings. The number of carboxylic acids is 1. The number of carbonyl (C=O) groups is 1. The Labute approximate surface area is 114 Å². The van der Waals surface area contributed by atoms with Gasteiger partial charge in [0.2, 0.25) is 0 Å². The molecule has 0 saturated carbocycles. The summed E-state index contributed by atoms with van der Waals surface area (Å²) in [7, 11) is 1.50. The molecule has 0 aliphatic rings. The van der Waals surface area contributed by atoms with Crippen LogP contribution in [0.3, 0.4) is 0 Å². The Morgan fingerprint density at radius 2 is 2.10 bits per heavy atom. The smallest absolute Gasteiger partial charge is 0.417 e. The highest BCUT2D eigenvalue weighted by atomic mass is 19.4. The number of hydrogen-bond acceptors (Lipinski definition) is 3. The minimum Gasteiger partial charge on any atom is -0.481 e. The molecular weight excluding hydrogens is 273 g/mol. The molecule has 1 N–H and O–H groups in total. The third-order valence-electron chi connectivity index (χ3n) is 2.84. The number of hydrogen-bond donors (Lipinski definition) is 1. The SMILES string of the molecule is CC(CN(C)c1ccc(C#N)c(C(F)(F)F)c1)C(=O)O. The lowest BCUT2D eigenvalue weighted by atomic mass is 10.1. The first-order valence-electron chi connectivity index (χ1n) is 5.72. The van der Waals surface area contributed by atoms with Gasteiger partial charge in [-0.2, -0.15) is 18.4 Å². The summed E-state index contributed by atoms with van der Waals surface area (Å²) >= 11 is 0. The second kappa shape index (κ2) is 5.82. The van der Waals surface area contributed by atoms with Gasteiger partial charge < -0.3 is 10.0 Å². The molecule has 20 heavy (non-hydrogen) atoms. The van der Waals surface area contributed by atoms with Gasteiger partial charge in [0, 0.05) is 19.3 Å². The van der Waals surface area contributed by atoms with Crippen LogP contribution >= 0.6 is 0 Å². The lowest BCUT2D eigenvalue weighted by molar-refractivity contribution is -0.141. The van der Waals surface area contributed by atoms with Crippen LogP contribution in [0.15, 0.2) is 18.2 Å². The molecule has 4 nitrogen and oxygen atoms in total. The Morgan fingerprint density at radius 3 is 2.55 bits per heavy atom. The number of benzene rings is 1. The van der Waals surface area contributed by atoms with E-state index in [9.17, 15) is 18.0 Å². The van der Waals surface area contributed by atoms with Crippen LogP contribution in [0.25, 0.3) is 0 Å². The van der Waals surface area contributed by atoms with Crippen molar-refractivity contribution in [3.05, 3.63) is 29.3 Å². The van der Waals surface area contributed by atoms with E-state index in [1.54, 1.807) is 0 Å². The van der Waals surface area contributed by atoms with E-state index in [2.05, 4.69) is 0 Å². The number of carboxylic acid groups (broad SMARTS) is 1. The fraction of sp³-hybridized carbons (Fsp3) is 0.385. The molecular formula is C13H13F3N2O2. The van der Waals surface area contributed by atoms with Crippen LogP contribution in [0, 0.1) is 17.2 Å². The van der Waals surface area contributed by atoms with E-state index < -0.39 is 29.2 Å². The second-order valence-corrected chi connectivity index (χ2v) is 4.46. The zero-order chi connectivity index (χ0) is 15.5. The molecule has 0 spiro atoms. The molecule has 0 radical (unpaired) electrons. The van der Waals surface area contributed by atoms with Gasteiger partial charge in [0.15, 0.2) is 0 Å². The first kappa shape index (κ1) is 15.8. The van der Waals surface area contributed by atoms with Crippen molar-refractivity contribution < 1.29 is 23.1 Å². The van der Waals surface area contributed by atoms with Crippen molar-refractivity contribution in [3.8, 4) is 6.07 Å². The first-order chi connectivity index (χ1) is 9.16. The number of nitriles is 1. The summed E-state index contributed by atoms with van der Waals surface area (Å²) in [6.07, 6.45) is -4.62. The van der Waals surface area contributed by atoms with Crippen molar-refractivity contribution in [2.45, 2.75) is 13.1 Å². The molecule has 0 bridgehead atoms. The molecule has 1 aromatic carbocycles. The number of rotatable bonds is 4. The maximum Gasteiger partial charge on any atom is 0.417 e. The van der Waals surface area contributed by atoms with Gasteiger partial charge in [-0.15, -0.1) is 0 Å². The molecule has 0 saturated heterocycles. The molecule has 0 amide bonds. The van der Waals surface area contributed by atoms with E-state index in [1.165, 1.54) is 31.0 Å². The van der Waals surface area contributed by atoms with E-state index in [0.717, 1.165) is 12.1 Å². The average molecular weight is 286 g/mol. The summed E-state index contributed by atoms with van der Waals surface area (Å²) in [6, 6.07) is 4.80. The van der Waals surface area contributed by atoms with Gasteiger partial charge in [-0.25, -0.2) is 0 Å². The molecule has 1 aromatic rings. The minimum atomic E-state index is -4.62. The van der Waals surface area contributed by atoms with Crippen molar-refractivity contribution in [2.24, 2.45) is 5.92 Å². The van der Waals surface area contributed by atoms with Crippen molar-refractivity contribution in [1.82, 2.24) is 0 Å². The minimum absolute atomic E-state index is 0.0680. The van der Waals surface area contributed by atoms with Crippen molar-refractivity contribution >= 4 is 11.7 Å². The maximum atomic E-state index is 12.8. The van der Waals surface area contributed by atoms with E-state index in [4.69, 9.17) is 10.4 Å². The number of alkyl halides is 3. The van der Waals surface area contributed by atoms with Crippen LogP contribution in [0.4, 0.5) is 18.9 Å². The third kappa shape index (κ3) is 3.63. The van der Waals surface area contributed by atoms with Crippen molar-refractivity contribution in [1.29, 1.82) is 5.26 Å². The molecule has 0 heterocycles. The maximum absolute atomic E-state index is 12.8. The predicted molar refractivity (Wildman–Crippen MR) is 66.2 cm³/mol. The van der Waals surface area contributed by atoms with Gasteiger partial charge in [-0.3, -0.25) is 4.79 Å². The largest absolute Gasteiger partial charge is 0.481 e. The fourth-order valence-electron chi connectivity index (χ4n) is 1.70. The summed E-state index contributed by atoms with van der Waals surface area (Å²) in [4.78, 5) is 12.2. The first-order valence-corrected chi connectivity index (χ1v) is 5.72. The zero-order valence-electron chi connectivity index (χ0n) is 10.9. The zero-order valence-corrected chi connectivity index (χ0v) is 10.9. The summed E-state index contributed by atoms with van der Waals surface area (Å²) in [6.45, 7) is 1.53. The average Bonchev–Trinajstić information content (AvgIpc) is 2.36. The highest BCUT2D eigenvalue weighted by Gasteiger charge is 2.34. The number of nitrogens with zero attached hydrogens (tertiary/aromatic N) is 2. The Balaban J connectivity index is 3.10. The third-order valence-corrected chi connectivity index (χ3v) is 2.84. The number of anilines is 1. The van der Waals surface area contributed by atoms with Crippen LogP contribution in [0.2, 0.25) is 0 Å². The molecule has 0 aliphatic heterocycles. The quantitative estimate of drug-likeness (QED) is 0.924.